The highest BCUT2D eigenvalue weighted by Gasteiger charge is 2.53. The van der Waals surface area contributed by atoms with Crippen molar-refractivity contribution in [3.63, 3.8) is 0 Å². The van der Waals surface area contributed by atoms with Crippen LogP contribution in [0.25, 0.3) is 88.7 Å². The topological polar surface area (TPSA) is 16.4 Å². The number of hydrogen-bond acceptors (Lipinski definition) is 2. The summed E-state index contributed by atoms with van der Waals surface area (Å²) in [7, 11) is 0. The molecular weight excluding hydrogens is 859 g/mol. The van der Waals surface area contributed by atoms with Crippen LogP contribution in [0.4, 0.5) is 17.1 Å². The summed E-state index contributed by atoms with van der Waals surface area (Å²) in [4.78, 5) is 2.43. The van der Waals surface area contributed by atoms with Crippen LogP contribution in [0.3, 0.4) is 0 Å². The van der Waals surface area contributed by atoms with Crippen LogP contribution in [0.1, 0.15) is 33.4 Å². The molecule has 334 valence electrons. The van der Waals surface area contributed by atoms with Gasteiger partial charge >= 0.3 is 0 Å². The molecule has 12 aromatic rings. The summed E-state index contributed by atoms with van der Waals surface area (Å²) < 4.78 is 6.81. The van der Waals surface area contributed by atoms with E-state index in [1.807, 2.05) is 0 Å². The second-order valence-electron chi connectivity index (χ2n) is 19.2. The van der Waals surface area contributed by atoms with Gasteiger partial charge < -0.3 is 9.32 Å². The maximum Gasteiger partial charge on any atom is 0.143 e. The normalized spacial score (nSPS) is 12.8. The molecule has 0 aliphatic heterocycles. The molecule has 11 aromatic carbocycles. The first kappa shape index (κ1) is 41.0. The van der Waals surface area contributed by atoms with Crippen LogP contribution in [0.2, 0.25) is 0 Å². The molecule has 0 saturated carbocycles. The average molecular weight is 906 g/mol. The third-order valence-electron chi connectivity index (χ3n) is 15.4. The van der Waals surface area contributed by atoms with Crippen LogP contribution in [-0.4, -0.2) is 0 Å². The van der Waals surface area contributed by atoms with Gasteiger partial charge in [-0.15, -0.1) is 0 Å². The van der Waals surface area contributed by atoms with Gasteiger partial charge in [0.05, 0.1) is 11.1 Å². The summed E-state index contributed by atoms with van der Waals surface area (Å²) in [6.07, 6.45) is 0. The Kier molecular flexibility index (Phi) is 9.28. The zero-order valence-corrected chi connectivity index (χ0v) is 39.5. The molecule has 0 atom stereocenters. The number of benzene rings is 11. The highest BCUT2D eigenvalue weighted by Crippen LogP contribution is 2.66. The monoisotopic (exact) mass is 905 g/mol. The Morgan fingerprint density at radius 3 is 1.59 bits per heavy atom. The minimum absolute atomic E-state index is 0.568. The third kappa shape index (κ3) is 6.08. The zero-order valence-electron chi connectivity index (χ0n) is 39.5. The second kappa shape index (κ2) is 16.1. The van der Waals surface area contributed by atoms with Gasteiger partial charge in [0.15, 0.2) is 0 Å². The van der Waals surface area contributed by atoms with Crippen molar-refractivity contribution in [2.24, 2.45) is 0 Å². The van der Waals surface area contributed by atoms with Gasteiger partial charge in [0.2, 0.25) is 0 Å². The number of anilines is 3. The molecule has 0 bridgehead atoms. The van der Waals surface area contributed by atoms with Crippen LogP contribution < -0.4 is 4.90 Å². The lowest BCUT2D eigenvalue weighted by Crippen LogP contribution is -2.26. The quantitative estimate of drug-likeness (QED) is 0.158. The fourth-order valence-corrected chi connectivity index (χ4v) is 12.4. The van der Waals surface area contributed by atoms with Crippen molar-refractivity contribution in [1.29, 1.82) is 0 Å². The van der Waals surface area contributed by atoms with Gasteiger partial charge in [-0.3, -0.25) is 0 Å². The minimum Gasteiger partial charge on any atom is -0.455 e. The molecule has 2 aliphatic carbocycles. The number of hydrogen-bond donors (Lipinski definition) is 0. The van der Waals surface area contributed by atoms with E-state index in [1.54, 1.807) is 0 Å². The van der Waals surface area contributed by atoms with Crippen molar-refractivity contribution in [3.8, 4) is 66.8 Å². The van der Waals surface area contributed by atoms with E-state index in [1.165, 1.54) is 89.0 Å². The van der Waals surface area contributed by atoms with Gasteiger partial charge in [0.25, 0.3) is 0 Å². The van der Waals surface area contributed by atoms with E-state index in [4.69, 9.17) is 4.42 Å². The Labute approximate surface area is 414 Å². The van der Waals surface area contributed by atoms with Crippen LogP contribution in [0.15, 0.2) is 253 Å². The molecule has 0 fully saturated rings. The molecule has 1 aromatic heterocycles. The zero-order chi connectivity index (χ0) is 47.2. The van der Waals surface area contributed by atoms with E-state index in [0.29, 0.717) is 0 Å². The van der Waals surface area contributed by atoms with Gasteiger partial charge in [0, 0.05) is 33.3 Å². The van der Waals surface area contributed by atoms with Crippen LogP contribution in [0, 0.1) is 13.8 Å². The van der Waals surface area contributed by atoms with E-state index in [0.717, 1.165) is 50.1 Å². The summed E-state index contributed by atoms with van der Waals surface area (Å²) in [5.74, 6) is 0. The SMILES string of the molecule is Cc1ccccc1-c1ccc(N(c2ccc(-c3ccc(-c4cccc5c4oc4ccccc45)c4c3C3(c5ccccc5-c5ccccc53)c3ccccc3-4)cc2)c2ccccc2-c2ccccc2)cc1C. The van der Waals surface area contributed by atoms with E-state index in [-0.39, 0.29) is 0 Å². The molecular formula is C69H47NO. The highest BCUT2D eigenvalue weighted by atomic mass is 16.3. The Balaban J connectivity index is 1.01. The van der Waals surface area contributed by atoms with Crippen molar-refractivity contribution in [1.82, 2.24) is 0 Å². The van der Waals surface area contributed by atoms with Crippen LogP contribution in [0.5, 0.6) is 0 Å². The van der Waals surface area contributed by atoms with Gasteiger partial charge in [0.1, 0.15) is 11.2 Å². The Morgan fingerprint density at radius 2 is 0.859 bits per heavy atom. The summed E-state index contributed by atoms with van der Waals surface area (Å²) in [5, 5.41) is 2.26. The fraction of sp³-hybridized carbons (Fsp3) is 0.0435. The predicted octanol–water partition coefficient (Wildman–Crippen LogP) is 18.7. The van der Waals surface area contributed by atoms with Crippen LogP contribution in [-0.2, 0) is 5.41 Å². The summed E-state index contributed by atoms with van der Waals surface area (Å²) in [5.41, 5.74) is 26.9. The van der Waals surface area contributed by atoms with Crippen molar-refractivity contribution in [2.45, 2.75) is 19.3 Å². The first-order valence-corrected chi connectivity index (χ1v) is 24.7. The first-order valence-electron chi connectivity index (χ1n) is 24.7. The molecule has 14 rings (SSSR count). The van der Waals surface area contributed by atoms with Crippen molar-refractivity contribution < 1.29 is 4.42 Å². The Bertz CT molecular complexity index is 4040. The molecule has 2 heteroatoms. The lowest BCUT2D eigenvalue weighted by Gasteiger charge is -2.33. The standard InChI is InChI=1S/C69H47NO/c1-44-19-6-7-22-50(44)51-40-39-49(43-45(51)2)70(64-33-16-11-23-52(64)46-20-4-3-5-21-46)48-37-35-47(36-38-48)53-41-42-57(59-29-18-28-58-56-26-12-17-34-65(56)71-68(58)59)66-60-27-10-15-32-63(60)69(67(53)66)61-30-13-8-24-54(61)55-25-9-14-31-62(55)69/h3-43H,1-2H3. The van der Waals surface area contributed by atoms with Gasteiger partial charge in [-0.1, -0.05) is 212 Å². The molecule has 0 radical (unpaired) electrons. The van der Waals surface area contributed by atoms with E-state index < -0.39 is 5.41 Å². The Morgan fingerprint density at radius 1 is 0.338 bits per heavy atom. The maximum absolute atomic E-state index is 6.81. The molecule has 1 spiro atoms. The van der Waals surface area contributed by atoms with Gasteiger partial charge in [-0.2, -0.15) is 0 Å². The average Bonchev–Trinajstić information content (AvgIpc) is 4.07. The number of rotatable bonds is 7. The molecule has 0 amide bonds. The number of aryl methyl sites for hydroxylation is 2. The number of nitrogens with zero attached hydrogens (tertiary/aromatic N) is 1. The summed E-state index contributed by atoms with van der Waals surface area (Å²) in [6, 6.07) is 91.6. The van der Waals surface area contributed by atoms with E-state index >= 15 is 0 Å². The minimum atomic E-state index is -0.568. The number of furan rings is 1. The van der Waals surface area contributed by atoms with Crippen molar-refractivity contribution in [2.75, 3.05) is 4.90 Å². The van der Waals surface area contributed by atoms with Gasteiger partial charge in [-0.05, 0) is 139 Å². The summed E-state index contributed by atoms with van der Waals surface area (Å²) >= 11 is 0. The highest BCUT2D eigenvalue weighted by molar-refractivity contribution is 6.12. The molecule has 71 heavy (non-hydrogen) atoms. The van der Waals surface area contributed by atoms with Gasteiger partial charge in [-0.25, -0.2) is 0 Å². The van der Waals surface area contributed by atoms with E-state index in [2.05, 4.69) is 267 Å². The molecule has 1 heterocycles. The smallest absolute Gasteiger partial charge is 0.143 e. The first-order chi connectivity index (χ1) is 35.1. The molecule has 0 unspecified atom stereocenters. The lowest BCUT2D eigenvalue weighted by atomic mass is 9.68. The van der Waals surface area contributed by atoms with Crippen molar-refractivity contribution in [3.05, 3.63) is 282 Å². The maximum atomic E-state index is 6.81. The van der Waals surface area contributed by atoms with Crippen molar-refractivity contribution >= 4 is 39.0 Å². The van der Waals surface area contributed by atoms with E-state index in [9.17, 15) is 0 Å². The molecule has 0 saturated heterocycles. The molecule has 0 N–H and O–H groups in total. The largest absolute Gasteiger partial charge is 0.455 e. The number of fused-ring (bicyclic) bond motifs is 13. The Hall–Kier alpha value is -8.98. The second-order valence-corrected chi connectivity index (χ2v) is 19.2. The predicted molar refractivity (Wildman–Crippen MR) is 296 cm³/mol. The fourth-order valence-electron chi connectivity index (χ4n) is 12.4. The molecule has 2 nitrogen and oxygen atoms in total. The molecule has 2 aliphatic rings. The summed E-state index contributed by atoms with van der Waals surface area (Å²) in [6.45, 7) is 4.43. The lowest BCUT2D eigenvalue weighted by molar-refractivity contribution is 0.670. The number of para-hydroxylation sites is 3. The third-order valence-corrected chi connectivity index (χ3v) is 15.4. The van der Waals surface area contributed by atoms with Crippen LogP contribution >= 0.6 is 0 Å².